The van der Waals surface area contributed by atoms with Gasteiger partial charge in [0.1, 0.15) is 6.61 Å². The predicted octanol–water partition coefficient (Wildman–Crippen LogP) is -0.694. The van der Waals surface area contributed by atoms with Gasteiger partial charge in [0.2, 0.25) is 11.5 Å². The number of aromatic nitrogens is 1. The van der Waals surface area contributed by atoms with Gasteiger partial charge in [-0.2, -0.15) is 0 Å². The molecule has 1 aromatic rings. The molecular formula is C7H8N2O3. The van der Waals surface area contributed by atoms with Gasteiger partial charge >= 0.3 is 0 Å². The third kappa shape index (κ3) is 2.21. The maximum absolute atomic E-state index is 10.6. The van der Waals surface area contributed by atoms with Gasteiger partial charge in [-0.25, -0.2) is 0 Å². The second-order valence-electron chi connectivity index (χ2n) is 2.15. The lowest BCUT2D eigenvalue weighted by atomic mass is 10.4. The topological polar surface area (TPSA) is 82.2 Å². The molecule has 0 spiro atoms. The van der Waals surface area contributed by atoms with Gasteiger partial charge in [0, 0.05) is 12.3 Å². The number of aliphatic hydroxyl groups is 1. The largest absolute Gasteiger partial charge is 0.387 e. The van der Waals surface area contributed by atoms with Gasteiger partial charge < -0.3 is 15.4 Å². The van der Waals surface area contributed by atoms with E-state index in [1.807, 2.05) is 0 Å². The van der Waals surface area contributed by atoms with Crippen molar-refractivity contribution in [1.29, 1.82) is 0 Å². The first-order chi connectivity index (χ1) is 5.72. The van der Waals surface area contributed by atoms with Crippen LogP contribution in [0.1, 0.15) is 0 Å². The number of hydrogen-bond acceptors (Lipinski definition) is 3. The van der Waals surface area contributed by atoms with E-state index in [0.717, 1.165) is 0 Å². The molecule has 12 heavy (non-hydrogen) atoms. The van der Waals surface area contributed by atoms with Crippen LogP contribution >= 0.6 is 0 Å². The average molecular weight is 168 g/mol. The SMILES string of the molecule is O=C(CO)Nc1ccc(=O)[nH]c1. The molecule has 1 aromatic heterocycles. The summed E-state index contributed by atoms with van der Waals surface area (Å²) in [5, 5.41) is 10.7. The molecule has 1 heterocycles. The van der Waals surface area contributed by atoms with Crippen LogP contribution in [0.5, 0.6) is 0 Å². The summed E-state index contributed by atoms with van der Waals surface area (Å²) in [6, 6.07) is 2.74. The fourth-order valence-electron chi connectivity index (χ4n) is 0.689. The van der Waals surface area contributed by atoms with Crippen LogP contribution in [0.3, 0.4) is 0 Å². The lowest BCUT2D eigenvalue weighted by Gasteiger charge is -2.00. The molecule has 0 aromatic carbocycles. The zero-order valence-electron chi connectivity index (χ0n) is 6.20. The van der Waals surface area contributed by atoms with Crippen LogP contribution < -0.4 is 10.9 Å². The van der Waals surface area contributed by atoms with Crippen molar-refractivity contribution in [2.75, 3.05) is 11.9 Å². The first-order valence-electron chi connectivity index (χ1n) is 3.32. The minimum Gasteiger partial charge on any atom is -0.387 e. The summed E-state index contributed by atoms with van der Waals surface area (Å²) < 4.78 is 0. The third-order valence-corrected chi connectivity index (χ3v) is 1.21. The number of H-pyrrole nitrogens is 1. The van der Waals surface area contributed by atoms with Crippen LogP contribution in [0.15, 0.2) is 23.1 Å². The Labute approximate surface area is 68.0 Å². The zero-order chi connectivity index (χ0) is 8.97. The van der Waals surface area contributed by atoms with Gasteiger partial charge in [-0.15, -0.1) is 0 Å². The molecular weight excluding hydrogens is 160 g/mol. The van der Waals surface area contributed by atoms with E-state index in [4.69, 9.17) is 5.11 Å². The molecule has 0 fully saturated rings. The van der Waals surface area contributed by atoms with Crippen molar-refractivity contribution in [3.8, 4) is 0 Å². The van der Waals surface area contributed by atoms with Crippen molar-refractivity contribution >= 4 is 11.6 Å². The van der Waals surface area contributed by atoms with E-state index in [0.29, 0.717) is 5.69 Å². The molecule has 5 nitrogen and oxygen atoms in total. The Morgan fingerprint density at radius 1 is 1.58 bits per heavy atom. The smallest absolute Gasteiger partial charge is 0.250 e. The van der Waals surface area contributed by atoms with E-state index >= 15 is 0 Å². The van der Waals surface area contributed by atoms with E-state index in [9.17, 15) is 9.59 Å². The van der Waals surface area contributed by atoms with Crippen molar-refractivity contribution in [1.82, 2.24) is 4.98 Å². The predicted molar refractivity (Wildman–Crippen MR) is 42.8 cm³/mol. The highest BCUT2D eigenvalue weighted by Gasteiger charge is 1.97. The first kappa shape index (κ1) is 8.48. The van der Waals surface area contributed by atoms with Gasteiger partial charge in [-0.05, 0) is 6.07 Å². The number of carbonyl (C=O) groups is 1. The summed E-state index contributed by atoms with van der Waals surface area (Å²) in [6.07, 6.45) is 1.36. The minimum absolute atomic E-state index is 0.239. The zero-order valence-corrected chi connectivity index (χ0v) is 6.20. The molecule has 1 rings (SSSR count). The highest BCUT2D eigenvalue weighted by atomic mass is 16.3. The minimum atomic E-state index is -0.570. The quantitative estimate of drug-likeness (QED) is 0.546. The number of pyridine rings is 1. The summed E-state index contributed by atoms with van der Waals surface area (Å²) in [6.45, 7) is -0.570. The molecule has 0 bridgehead atoms. The van der Waals surface area contributed by atoms with Gasteiger partial charge in [0.25, 0.3) is 0 Å². The fourth-order valence-corrected chi connectivity index (χ4v) is 0.689. The van der Waals surface area contributed by atoms with Crippen molar-refractivity contribution in [2.24, 2.45) is 0 Å². The number of amides is 1. The van der Waals surface area contributed by atoms with Crippen molar-refractivity contribution < 1.29 is 9.90 Å². The van der Waals surface area contributed by atoms with Crippen LogP contribution in [-0.2, 0) is 4.79 Å². The molecule has 64 valence electrons. The van der Waals surface area contributed by atoms with Crippen molar-refractivity contribution in [3.05, 3.63) is 28.7 Å². The molecule has 0 aliphatic heterocycles. The lowest BCUT2D eigenvalue weighted by Crippen LogP contribution is -2.16. The number of rotatable bonds is 2. The Morgan fingerprint density at radius 3 is 2.83 bits per heavy atom. The molecule has 3 N–H and O–H groups in total. The van der Waals surface area contributed by atoms with Crippen molar-refractivity contribution in [3.63, 3.8) is 0 Å². The summed E-state index contributed by atoms with van der Waals surface area (Å²) in [7, 11) is 0. The Balaban J connectivity index is 2.71. The number of anilines is 1. The van der Waals surface area contributed by atoms with E-state index in [-0.39, 0.29) is 5.56 Å². The number of nitrogens with one attached hydrogen (secondary N) is 2. The average Bonchev–Trinajstić information content (AvgIpc) is 2.09. The lowest BCUT2D eigenvalue weighted by molar-refractivity contribution is -0.118. The molecule has 0 radical (unpaired) electrons. The standard InChI is InChI=1S/C7H8N2O3/c10-4-7(12)9-5-1-2-6(11)8-3-5/h1-3,10H,4H2,(H,8,11)(H,9,12). The van der Waals surface area contributed by atoms with Gasteiger partial charge in [0.15, 0.2) is 0 Å². The number of carbonyl (C=O) groups excluding carboxylic acids is 1. The molecule has 1 amide bonds. The number of hydrogen-bond donors (Lipinski definition) is 3. The Bertz CT molecular complexity index is 311. The van der Waals surface area contributed by atoms with E-state index in [1.54, 1.807) is 0 Å². The molecule has 0 aliphatic carbocycles. The van der Waals surface area contributed by atoms with Crippen LogP contribution in [-0.4, -0.2) is 22.6 Å². The Morgan fingerprint density at radius 2 is 2.33 bits per heavy atom. The summed E-state index contributed by atoms with van der Waals surface area (Å²) in [5.74, 6) is -0.512. The Hall–Kier alpha value is -1.62. The highest BCUT2D eigenvalue weighted by Crippen LogP contribution is 1.99. The van der Waals surface area contributed by atoms with Crippen LogP contribution in [0.2, 0.25) is 0 Å². The molecule has 5 heteroatoms. The first-order valence-corrected chi connectivity index (χ1v) is 3.32. The van der Waals surface area contributed by atoms with Gasteiger partial charge in [0.05, 0.1) is 5.69 Å². The molecule has 0 saturated carbocycles. The molecule has 0 atom stereocenters. The normalized spacial score (nSPS) is 9.42. The summed E-state index contributed by atoms with van der Waals surface area (Å²) in [4.78, 5) is 23.5. The third-order valence-electron chi connectivity index (χ3n) is 1.21. The summed E-state index contributed by atoms with van der Waals surface area (Å²) >= 11 is 0. The maximum Gasteiger partial charge on any atom is 0.250 e. The summed E-state index contributed by atoms with van der Waals surface area (Å²) in [5.41, 5.74) is 0.214. The molecule has 0 saturated heterocycles. The Kier molecular flexibility index (Phi) is 2.60. The molecule has 0 unspecified atom stereocenters. The van der Waals surface area contributed by atoms with Crippen molar-refractivity contribution in [2.45, 2.75) is 0 Å². The maximum atomic E-state index is 10.6. The van der Waals surface area contributed by atoms with Gasteiger partial charge in [-0.3, -0.25) is 9.59 Å². The van der Waals surface area contributed by atoms with Gasteiger partial charge in [-0.1, -0.05) is 0 Å². The fraction of sp³-hybridized carbons (Fsp3) is 0.143. The second-order valence-corrected chi connectivity index (χ2v) is 2.15. The van der Waals surface area contributed by atoms with E-state index in [2.05, 4.69) is 10.3 Å². The van der Waals surface area contributed by atoms with Crippen LogP contribution in [0.4, 0.5) is 5.69 Å². The second kappa shape index (κ2) is 3.68. The van der Waals surface area contributed by atoms with E-state index in [1.165, 1.54) is 18.3 Å². The van der Waals surface area contributed by atoms with Crippen LogP contribution in [0.25, 0.3) is 0 Å². The van der Waals surface area contributed by atoms with Crippen LogP contribution in [0, 0.1) is 0 Å². The number of aliphatic hydroxyl groups excluding tert-OH is 1. The van der Waals surface area contributed by atoms with E-state index < -0.39 is 12.5 Å². The monoisotopic (exact) mass is 168 g/mol. The molecule has 0 aliphatic rings. The number of aromatic amines is 1. The highest BCUT2D eigenvalue weighted by molar-refractivity contribution is 5.91.